The zero-order valence-electron chi connectivity index (χ0n) is 10.3. The molecule has 0 aliphatic carbocycles. The summed E-state index contributed by atoms with van der Waals surface area (Å²) < 4.78 is 6.70. The maximum absolute atomic E-state index is 11.5. The monoisotopic (exact) mass is 263 g/mol. The number of fused-ring (bicyclic) bond motifs is 1. The number of hydrogen-bond acceptors (Lipinski definition) is 6. The van der Waals surface area contributed by atoms with Gasteiger partial charge in [-0.15, -0.1) is 0 Å². The molecule has 0 bridgehead atoms. The molecule has 2 aromatic heterocycles. The van der Waals surface area contributed by atoms with Crippen LogP contribution >= 0.6 is 0 Å². The van der Waals surface area contributed by atoms with Gasteiger partial charge >= 0.3 is 5.97 Å². The molecule has 2 N–H and O–H groups in total. The lowest BCUT2D eigenvalue weighted by molar-refractivity contribution is -0.142. The molecule has 8 heteroatoms. The Balaban J connectivity index is 2.04. The number of nitrogens with zero attached hydrogens (tertiary/aromatic N) is 4. The summed E-state index contributed by atoms with van der Waals surface area (Å²) in [7, 11) is 0. The second-order valence-electron chi connectivity index (χ2n) is 4.57. The lowest BCUT2D eigenvalue weighted by atomic mass is 9.99. The van der Waals surface area contributed by atoms with Crippen LogP contribution in [0, 0.1) is 6.92 Å². The topological polar surface area (TPSA) is 102 Å². The Bertz CT molecular complexity index is 632. The molecule has 0 spiro atoms. The largest absolute Gasteiger partial charge is 0.479 e. The summed E-state index contributed by atoms with van der Waals surface area (Å²) >= 11 is 0. The number of nitrogens with one attached hydrogen (secondary N) is 1. The van der Waals surface area contributed by atoms with E-state index >= 15 is 0 Å². The van der Waals surface area contributed by atoms with Crippen LogP contribution in [-0.4, -0.2) is 49.4 Å². The molecule has 19 heavy (non-hydrogen) atoms. The minimum Gasteiger partial charge on any atom is -0.479 e. The predicted octanol–water partition coefficient (Wildman–Crippen LogP) is 0.0883. The molecular weight excluding hydrogens is 250 g/mol. The van der Waals surface area contributed by atoms with Gasteiger partial charge in [0.25, 0.3) is 5.78 Å². The van der Waals surface area contributed by atoms with E-state index in [2.05, 4.69) is 20.4 Å². The van der Waals surface area contributed by atoms with Gasteiger partial charge in [-0.3, -0.25) is 0 Å². The Kier molecular flexibility index (Phi) is 2.59. The maximum atomic E-state index is 11.5. The smallest absolute Gasteiger partial charge is 0.331 e. The zero-order chi connectivity index (χ0) is 13.5. The van der Waals surface area contributed by atoms with Crippen LogP contribution in [0.2, 0.25) is 0 Å². The van der Waals surface area contributed by atoms with Crippen molar-refractivity contribution in [2.24, 2.45) is 0 Å². The molecule has 0 saturated carbocycles. The van der Waals surface area contributed by atoms with Crippen LogP contribution < -0.4 is 5.32 Å². The van der Waals surface area contributed by atoms with Crippen molar-refractivity contribution in [2.45, 2.75) is 18.9 Å². The molecule has 1 saturated heterocycles. The number of carboxylic acids is 1. The first-order valence-corrected chi connectivity index (χ1v) is 5.87. The average Bonchev–Trinajstić information content (AvgIpc) is 2.97. The van der Waals surface area contributed by atoms with E-state index < -0.39 is 11.5 Å². The lowest BCUT2D eigenvalue weighted by Gasteiger charge is -2.25. The number of aryl methyl sites for hydroxylation is 1. The molecule has 1 fully saturated rings. The molecule has 0 amide bonds. The summed E-state index contributed by atoms with van der Waals surface area (Å²) in [6, 6.07) is 1.74. The fraction of sp³-hybridized carbons (Fsp3) is 0.455. The number of hydrogen-bond donors (Lipinski definition) is 2. The Morgan fingerprint density at radius 1 is 1.63 bits per heavy atom. The van der Waals surface area contributed by atoms with Crippen LogP contribution in [0.4, 0.5) is 5.82 Å². The summed E-state index contributed by atoms with van der Waals surface area (Å²) in [6.45, 7) is 2.36. The van der Waals surface area contributed by atoms with Crippen molar-refractivity contribution in [1.82, 2.24) is 19.6 Å². The van der Waals surface area contributed by atoms with Gasteiger partial charge in [0.15, 0.2) is 5.54 Å². The highest BCUT2D eigenvalue weighted by Crippen LogP contribution is 2.25. The number of rotatable bonds is 3. The quantitative estimate of drug-likeness (QED) is 0.809. The highest BCUT2D eigenvalue weighted by atomic mass is 16.5. The van der Waals surface area contributed by atoms with Crippen LogP contribution in [0.15, 0.2) is 12.4 Å². The van der Waals surface area contributed by atoms with Crippen molar-refractivity contribution < 1.29 is 14.6 Å². The molecule has 100 valence electrons. The van der Waals surface area contributed by atoms with Gasteiger partial charge in [0.2, 0.25) is 0 Å². The molecule has 1 atom stereocenters. The van der Waals surface area contributed by atoms with E-state index in [1.54, 1.807) is 6.07 Å². The average molecular weight is 263 g/mol. The van der Waals surface area contributed by atoms with Crippen molar-refractivity contribution in [3.63, 3.8) is 0 Å². The number of aliphatic carboxylic acids is 1. The van der Waals surface area contributed by atoms with E-state index in [4.69, 9.17) is 4.74 Å². The van der Waals surface area contributed by atoms with Crippen LogP contribution in [0.1, 0.15) is 12.1 Å². The minimum atomic E-state index is -1.12. The summed E-state index contributed by atoms with van der Waals surface area (Å²) in [5, 5.41) is 16.5. The van der Waals surface area contributed by atoms with E-state index in [1.165, 1.54) is 10.8 Å². The summed E-state index contributed by atoms with van der Waals surface area (Å²) in [6.07, 6.45) is 1.78. The molecule has 3 heterocycles. The third-order valence-corrected chi connectivity index (χ3v) is 3.18. The maximum Gasteiger partial charge on any atom is 0.331 e. The van der Waals surface area contributed by atoms with Crippen molar-refractivity contribution in [2.75, 3.05) is 18.5 Å². The molecule has 1 aliphatic rings. The first-order valence-electron chi connectivity index (χ1n) is 5.87. The molecule has 0 aromatic carbocycles. The van der Waals surface area contributed by atoms with E-state index in [1.807, 2.05) is 6.92 Å². The summed E-state index contributed by atoms with van der Waals surface area (Å²) in [5.41, 5.74) is -0.380. The number of carboxylic acid groups (broad SMARTS) is 1. The number of anilines is 1. The molecular formula is C11H13N5O3. The fourth-order valence-electron chi connectivity index (χ4n) is 2.15. The third kappa shape index (κ3) is 1.89. The van der Waals surface area contributed by atoms with Crippen molar-refractivity contribution >= 4 is 17.6 Å². The summed E-state index contributed by atoms with van der Waals surface area (Å²) in [4.78, 5) is 19.7. The van der Waals surface area contributed by atoms with Crippen LogP contribution in [-0.2, 0) is 9.53 Å². The predicted molar refractivity (Wildman–Crippen MR) is 64.9 cm³/mol. The Morgan fingerprint density at radius 2 is 2.47 bits per heavy atom. The van der Waals surface area contributed by atoms with Crippen molar-refractivity contribution in [3.8, 4) is 0 Å². The highest BCUT2D eigenvalue weighted by Gasteiger charge is 2.43. The third-order valence-electron chi connectivity index (χ3n) is 3.18. The summed E-state index contributed by atoms with van der Waals surface area (Å²) in [5.74, 6) is 0.0441. The van der Waals surface area contributed by atoms with Crippen LogP contribution in [0.3, 0.4) is 0 Å². The zero-order valence-corrected chi connectivity index (χ0v) is 10.3. The molecule has 1 aliphatic heterocycles. The second kappa shape index (κ2) is 4.16. The van der Waals surface area contributed by atoms with Crippen LogP contribution in [0.5, 0.6) is 0 Å². The van der Waals surface area contributed by atoms with Gasteiger partial charge in [0.1, 0.15) is 12.1 Å². The van der Waals surface area contributed by atoms with E-state index in [0.717, 1.165) is 5.69 Å². The van der Waals surface area contributed by atoms with E-state index in [-0.39, 0.29) is 6.61 Å². The Morgan fingerprint density at radius 3 is 3.16 bits per heavy atom. The molecule has 1 unspecified atom stereocenters. The SMILES string of the molecule is Cc1cc(NC2(C(=O)O)CCOC2)n2ncnc2n1. The lowest BCUT2D eigenvalue weighted by Crippen LogP contribution is -2.47. The normalized spacial score (nSPS) is 22.8. The standard InChI is InChI=1S/C11H13N5O3/c1-7-4-8(16-10(14-7)12-6-13-16)15-11(9(17)18)2-3-19-5-11/h4,6,15H,2-3,5H2,1H3,(H,17,18). The van der Waals surface area contributed by atoms with Gasteiger partial charge < -0.3 is 15.2 Å². The van der Waals surface area contributed by atoms with Crippen molar-refractivity contribution in [1.29, 1.82) is 0 Å². The molecule has 8 nitrogen and oxygen atoms in total. The van der Waals surface area contributed by atoms with Gasteiger partial charge in [-0.05, 0) is 6.92 Å². The first-order chi connectivity index (χ1) is 9.11. The van der Waals surface area contributed by atoms with Gasteiger partial charge in [0.05, 0.1) is 6.61 Å². The van der Waals surface area contributed by atoms with Gasteiger partial charge in [-0.1, -0.05) is 0 Å². The van der Waals surface area contributed by atoms with E-state index in [0.29, 0.717) is 24.6 Å². The van der Waals surface area contributed by atoms with Gasteiger partial charge in [-0.25, -0.2) is 9.78 Å². The fourth-order valence-corrected chi connectivity index (χ4v) is 2.15. The molecule has 3 rings (SSSR count). The minimum absolute atomic E-state index is 0.125. The Labute approximate surface area is 108 Å². The Hall–Kier alpha value is -2.22. The molecule has 0 radical (unpaired) electrons. The number of aromatic nitrogens is 4. The second-order valence-corrected chi connectivity index (χ2v) is 4.57. The number of carbonyl (C=O) groups is 1. The van der Waals surface area contributed by atoms with E-state index in [9.17, 15) is 9.90 Å². The van der Waals surface area contributed by atoms with Crippen molar-refractivity contribution in [3.05, 3.63) is 18.1 Å². The number of ether oxygens (including phenoxy) is 1. The highest BCUT2D eigenvalue weighted by molar-refractivity contribution is 5.83. The van der Waals surface area contributed by atoms with Gasteiger partial charge in [0, 0.05) is 24.8 Å². The van der Waals surface area contributed by atoms with Crippen LogP contribution in [0.25, 0.3) is 5.78 Å². The van der Waals surface area contributed by atoms with Gasteiger partial charge in [-0.2, -0.15) is 14.6 Å². The molecule has 2 aromatic rings. The first kappa shape index (κ1) is 11.8.